The molecule has 0 aromatic rings. The SMILES string of the molecule is CCCCC[C@H]1C[C@H](CC/C(C)=N\NC(N)=S)C(=O)O1. The average Bonchev–Trinajstić information content (AvgIpc) is 2.75. The molecule has 5 nitrogen and oxygen atoms in total. The maximum atomic E-state index is 11.8. The molecule has 1 aliphatic rings. The van der Waals surface area contributed by atoms with Gasteiger partial charge in [0.2, 0.25) is 0 Å². The number of unbranched alkanes of at least 4 members (excludes halogenated alkanes) is 2. The Balaban J connectivity index is 2.28. The molecule has 0 saturated carbocycles. The van der Waals surface area contributed by atoms with E-state index in [4.69, 9.17) is 10.5 Å². The Morgan fingerprint density at radius 2 is 2.25 bits per heavy atom. The summed E-state index contributed by atoms with van der Waals surface area (Å²) < 4.78 is 5.42. The zero-order valence-electron chi connectivity index (χ0n) is 12.4. The van der Waals surface area contributed by atoms with Gasteiger partial charge in [-0.05, 0) is 51.2 Å². The standard InChI is InChI=1S/C14H25N3O2S/c1-3-4-5-6-12-9-11(13(18)19-12)8-7-10(2)16-17-14(15)20/h11-12H,3-9H2,1-2H3,(H3,15,17,20)/b16-10-/t11-,12-/m0/s1. The van der Waals surface area contributed by atoms with Crippen molar-refractivity contribution in [3.63, 3.8) is 0 Å². The summed E-state index contributed by atoms with van der Waals surface area (Å²) in [5.41, 5.74) is 8.74. The van der Waals surface area contributed by atoms with Gasteiger partial charge in [-0.25, -0.2) is 0 Å². The minimum atomic E-state index is -0.0541. The van der Waals surface area contributed by atoms with E-state index in [0.29, 0.717) is 0 Å². The summed E-state index contributed by atoms with van der Waals surface area (Å²) in [6, 6.07) is 0. The van der Waals surface area contributed by atoms with Crippen LogP contribution >= 0.6 is 12.2 Å². The van der Waals surface area contributed by atoms with Crippen LogP contribution < -0.4 is 11.2 Å². The number of hydrogen-bond donors (Lipinski definition) is 2. The van der Waals surface area contributed by atoms with Gasteiger partial charge in [0.15, 0.2) is 5.11 Å². The lowest BCUT2D eigenvalue weighted by molar-refractivity contribution is -0.144. The van der Waals surface area contributed by atoms with E-state index in [1.807, 2.05) is 6.92 Å². The van der Waals surface area contributed by atoms with Crippen LogP contribution in [0.2, 0.25) is 0 Å². The van der Waals surface area contributed by atoms with Crippen LogP contribution in [-0.4, -0.2) is 22.9 Å². The number of nitrogens with two attached hydrogens (primary N) is 1. The van der Waals surface area contributed by atoms with Crippen molar-refractivity contribution in [2.45, 2.75) is 64.9 Å². The van der Waals surface area contributed by atoms with Crippen molar-refractivity contribution in [1.82, 2.24) is 5.43 Å². The van der Waals surface area contributed by atoms with Crippen molar-refractivity contribution in [1.29, 1.82) is 0 Å². The van der Waals surface area contributed by atoms with E-state index in [-0.39, 0.29) is 23.1 Å². The highest BCUT2D eigenvalue weighted by Gasteiger charge is 2.33. The molecule has 0 bridgehead atoms. The smallest absolute Gasteiger partial charge is 0.309 e. The van der Waals surface area contributed by atoms with Gasteiger partial charge in [-0.15, -0.1) is 0 Å². The molecule has 1 fully saturated rings. The topological polar surface area (TPSA) is 76.7 Å². The van der Waals surface area contributed by atoms with Gasteiger partial charge in [0.25, 0.3) is 0 Å². The normalized spacial score (nSPS) is 22.7. The van der Waals surface area contributed by atoms with Gasteiger partial charge in [-0.2, -0.15) is 5.10 Å². The van der Waals surface area contributed by atoms with Crippen LogP contribution in [0, 0.1) is 5.92 Å². The Morgan fingerprint density at radius 3 is 2.90 bits per heavy atom. The van der Waals surface area contributed by atoms with E-state index in [1.54, 1.807) is 0 Å². The molecule has 1 aliphatic heterocycles. The summed E-state index contributed by atoms with van der Waals surface area (Å²) in [5, 5.41) is 4.19. The Labute approximate surface area is 126 Å². The van der Waals surface area contributed by atoms with Gasteiger partial charge in [-0.1, -0.05) is 19.8 Å². The van der Waals surface area contributed by atoms with Crippen LogP contribution in [0.3, 0.4) is 0 Å². The van der Waals surface area contributed by atoms with E-state index in [2.05, 4.69) is 29.7 Å². The molecule has 1 saturated heterocycles. The first kappa shape index (κ1) is 16.9. The minimum Gasteiger partial charge on any atom is -0.462 e. The lowest BCUT2D eigenvalue weighted by atomic mass is 9.96. The number of thiocarbonyl (C=S) groups is 1. The molecule has 20 heavy (non-hydrogen) atoms. The zero-order chi connectivity index (χ0) is 15.0. The van der Waals surface area contributed by atoms with Gasteiger partial charge in [0.1, 0.15) is 6.10 Å². The zero-order valence-corrected chi connectivity index (χ0v) is 13.2. The first-order valence-electron chi connectivity index (χ1n) is 7.32. The average molecular weight is 299 g/mol. The lowest BCUT2D eigenvalue weighted by Crippen LogP contribution is -2.25. The molecule has 114 valence electrons. The van der Waals surface area contributed by atoms with Gasteiger partial charge >= 0.3 is 5.97 Å². The summed E-state index contributed by atoms with van der Waals surface area (Å²) in [7, 11) is 0. The quantitative estimate of drug-likeness (QED) is 0.237. The predicted octanol–water partition coefficient (Wildman–Crippen LogP) is 2.49. The van der Waals surface area contributed by atoms with Crippen molar-refractivity contribution in [2.24, 2.45) is 16.8 Å². The number of cyclic esters (lactones) is 1. The molecule has 0 unspecified atom stereocenters. The minimum absolute atomic E-state index is 0.0107. The predicted molar refractivity (Wildman–Crippen MR) is 84.4 cm³/mol. The molecule has 0 aliphatic carbocycles. The molecule has 1 heterocycles. The molecule has 2 atom stereocenters. The number of rotatable bonds is 8. The highest BCUT2D eigenvalue weighted by atomic mass is 32.1. The number of esters is 1. The lowest BCUT2D eigenvalue weighted by Gasteiger charge is -2.07. The number of hydrogen-bond acceptors (Lipinski definition) is 4. The van der Waals surface area contributed by atoms with Crippen molar-refractivity contribution in [2.75, 3.05) is 0 Å². The second-order valence-electron chi connectivity index (χ2n) is 5.35. The fourth-order valence-electron chi connectivity index (χ4n) is 2.35. The molecule has 0 aromatic heterocycles. The summed E-state index contributed by atoms with van der Waals surface area (Å²) in [6.07, 6.45) is 7.01. The second kappa shape index (κ2) is 8.89. The maximum Gasteiger partial charge on any atom is 0.309 e. The molecular weight excluding hydrogens is 274 g/mol. The Kier molecular flexibility index (Phi) is 7.51. The monoisotopic (exact) mass is 299 g/mol. The number of nitrogens with zero attached hydrogens (tertiary/aromatic N) is 1. The van der Waals surface area contributed by atoms with Crippen molar-refractivity contribution in [3.8, 4) is 0 Å². The second-order valence-corrected chi connectivity index (χ2v) is 5.79. The number of ether oxygens (including phenoxy) is 1. The largest absolute Gasteiger partial charge is 0.462 e. The molecule has 0 radical (unpaired) electrons. The number of hydrazone groups is 1. The third-order valence-corrected chi connectivity index (χ3v) is 3.60. The van der Waals surface area contributed by atoms with Gasteiger partial charge in [0, 0.05) is 5.71 Å². The number of carbonyl (C=O) groups is 1. The third-order valence-electron chi connectivity index (χ3n) is 3.50. The van der Waals surface area contributed by atoms with Gasteiger partial charge in [0.05, 0.1) is 5.92 Å². The fraction of sp³-hybridized carbons (Fsp3) is 0.786. The van der Waals surface area contributed by atoms with Crippen LogP contribution in [-0.2, 0) is 9.53 Å². The van der Waals surface area contributed by atoms with Crippen molar-refractivity contribution in [3.05, 3.63) is 0 Å². The summed E-state index contributed by atoms with van der Waals surface area (Å²) in [6.45, 7) is 4.07. The highest BCUT2D eigenvalue weighted by Crippen LogP contribution is 2.28. The molecule has 3 N–H and O–H groups in total. The number of nitrogens with one attached hydrogen (secondary N) is 1. The molecule has 6 heteroatoms. The molecule has 0 spiro atoms. The molecular formula is C14H25N3O2S. The van der Waals surface area contributed by atoms with Crippen molar-refractivity contribution < 1.29 is 9.53 Å². The molecule has 0 amide bonds. The number of carbonyl (C=O) groups excluding carboxylic acids is 1. The van der Waals surface area contributed by atoms with Crippen LogP contribution in [0.25, 0.3) is 0 Å². The van der Waals surface area contributed by atoms with Crippen LogP contribution in [0.4, 0.5) is 0 Å². The summed E-state index contributed by atoms with van der Waals surface area (Å²) in [5.74, 6) is -0.0433. The first-order chi connectivity index (χ1) is 9.52. The van der Waals surface area contributed by atoms with E-state index < -0.39 is 0 Å². The summed E-state index contributed by atoms with van der Waals surface area (Å²) >= 11 is 4.68. The van der Waals surface area contributed by atoms with Crippen LogP contribution in [0.5, 0.6) is 0 Å². The third kappa shape index (κ3) is 6.32. The molecule has 1 rings (SSSR count). The van der Waals surface area contributed by atoms with E-state index in [1.165, 1.54) is 12.8 Å². The first-order valence-corrected chi connectivity index (χ1v) is 7.72. The Bertz CT molecular complexity index is 371. The Morgan fingerprint density at radius 1 is 1.50 bits per heavy atom. The van der Waals surface area contributed by atoms with Crippen molar-refractivity contribution >= 4 is 29.0 Å². The maximum absolute atomic E-state index is 11.8. The van der Waals surface area contributed by atoms with Crippen LogP contribution in [0.15, 0.2) is 5.10 Å². The van der Waals surface area contributed by atoms with Gasteiger partial charge < -0.3 is 10.5 Å². The summed E-state index contributed by atoms with van der Waals surface area (Å²) in [4.78, 5) is 11.8. The molecule has 0 aromatic carbocycles. The van der Waals surface area contributed by atoms with E-state index in [9.17, 15) is 4.79 Å². The van der Waals surface area contributed by atoms with Gasteiger partial charge in [-0.3, -0.25) is 10.2 Å². The highest BCUT2D eigenvalue weighted by molar-refractivity contribution is 7.80. The van der Waals surface area contributed by atoms with E-state index >= 15 is 0 Å². The van der Waals surface area contributed by atoms with Crippen LogP contribution in [0.1, 0.15) is 58.8 Å². The Hall–Kier alpha value is -1.17. The fourth-order valence-corrected chi connectivity index (χ4v) is 2.39. The van der Waals surface area contributed by atoms with E-state index in [0.717, 1.165) is 37.8 Å².